The zero-order chi connectivity index (χ0) is 11.4. The summed E-state index contributed by atoms with van der Waals surface area (Å²) in [6.07, 6.45) is 7.39. The van der Waals surface area contributed by atoms with Gasteiger partial charge in [-0.1, -0.05) is 0 Å². The van der Waals surface area contributed by atoms with Crippen molar-refractivity contribution in [2.24, 2.45) is 7.05 Å². The minimum Gasteiger partial charge on any atom is -0.337 e. The molecule has 0 saturated heterocycles. The number of nitrogens with one attached hydrogen (secondary N) is 1. The molecule has 0 aliphatic rings. The molecule has 0 aliphatic heterocycles. The van der Waals surface area contributed by atoms with Gasteiger partial charge < -0.3 is 9.88 Å². The van der Waals surface area contributed by atoms with Gasteiger partial charge in [0.1, 0.15) is 5.82 Å². The standard InChI is InChI=1S/C12H16N4/c1-10(11-3-5-13-6-4-11)15-9-12-14-7-8-16(12)2/h3-8,10,15H,9H2,1-2H3. The number of aromatic nitrogens is 3. The third kappa shape index (κ3) is 2.46. The van der Waals surface area contributed by atoms with Crippen molar-refractivity contribution in [2.75, 3.05) is 0 Å². The summed E-state index contributed by atoms with van der Waals surface area (Å²) in [6, 6.07) is 4.35. The topological polar surface area (TPSA) is 42.7 Å². The summed E-state index contributed by atoms with van der Waals surface area (Å²) in [5.74, 6) is 1.04. The quantitative estimate of drug-likeness (QED) is 0.845. The van der Waals surface area contributed by atoms with E-state index in [0.29, 0.717) is 6.04 Å². The predicted octanol–water partition coefficient (Wildman–Crippen LogP) is 1.67. The minimum absolute atomic E-state index is 0.305. The van der Waals surface area contributed by atoms with Gasteiger partial charge in [0.25, 0.3) is 0 Å². The van der Waals surface area contributed by atoms with Crippen molar-refractivity contribution in [3.05, 3.63) is 48.3 Å². The van der Waals surface area contributed by atoms with Gasteiger partial charge in [0.2, 0.25) is 0 Å². The molecular weight excluding hydrogens is 200 g/mol. The van der Waals surface area contributed by atoms with E-state index >= 15 is 0 Å². The Labute approximate surface area is 95.4 Å². The number of pyridine rings is 1. The molecule has 2 heterocycles. The third-order valence-electron chi connectivity index (χ3n) is 2.69. The summed E-state index contributed by atoms with van der Waals surface area (Å²) < 4.78 is 2.02. The van der Waals surface area contributed by atoms with Crippen molar-refractivity contribution < 1.29 is 0 Å². The summed E-state index contributed by atoms with van der Waals surface area (Å²) in [5.41, 5.74) is 1.24. The van der Waals surface area contributed by atoms with E-state index < -0.39 is 0 Å². The lowest BCUT2D eigenvalue weighted by Crippen LogP contribution is -2.20. The number of hydrogen-bond acceptors (Lipinski definition) is 3. The van der Waals surface area contributed by atoms with Crippen molar-refractivity contribution in [3.8, 4) is 0 Å². The number of aryl methyl sites for hydroxylation is 1. The van der Waals surface area contributed by atoms with Gasteiger partial charge in [0, 0.05) is 37.9 Å². The van der Waals surface area contributed by atoms with Gasteiger partial charge in [0.05, 0.1) is 6.54 Å². The zero-order valence-corrected chi connectivity index (χ0v) is 9.59. The number of hydrogen-bond donors (Lipinski definition) is 1. The van der Waals surface area contributed by atoms with Crippen molar-refractivity contribution in [1.82, 2.24) is 19.9 Å². The first-order valence-corrected chi connectivity index (χ1v) is 5.37. The van der Waals surface area contributed by atoms with Gasteiger partial charge >= 0.3 is 0 Å². The molecule has 4 heteroatoms. The van der Waals surface area contributed by atoms with Crippen LogP contribution in [-0.4, -0.2) is 14.5 Å². The second-order valence-corrected chi connectivity index (χ2v) is 3.84. The van der Waals surface area contributed by atoms with E-state index in [1.807, 2.05) is 48.5 Å². The van der Waals surface area contributed by atoms with Crippen LogP contribution in [0.3, 0.4) is 0 Å². The molecule has 0 spiro atoms. The van der Waals surface area contributed by atoms with Crippen LogP contribution in [0.4, 0.5) is 0 Å². The predicted molar refractivity (Wildman–Crippen MR) is 62.7 cm³/mol. The van der Waals surface area contributed by atoms with E-state index in [9.17, 15) is 0 Å². The van der Waals surface area contributed by atoms with Gasteiger partial charge in [-0.3, -0.25) is 4.98 Å². The molecule has 1 unspecified atom stereocenters. The Morgan fingerprint density at radius 1 is 1.31 bits per heavy atom. The maximum atomic E-state index is 4.27. The molecule has 0 amide bonds. The van der Waals surface area contributed by atoms with E-state index in [2.05, 4.69) is 22.2 Å². The van der Waals surface area contributed by atoms with Crippen molar-refractivity contribution in [1.29, 1.82) is 0 Å². The molecule has 0 fully saturated rings. The van der Waals surface area contributed by atoms with Gasteiger partial charge in [-0.05, 0) is 24.6 Å². The molecule has 0 aromatic carbocycles. The fourth-order valence-corrected chi connectivity index (χ4v) is 1.58. The maximum absolute atomic E-state index is 4.27. The molecule has 1 N–H and O–H groups in total. The van der Waals surface area contributed by atoms with Gasteiger partial charge in [-0.2, -0.15) is 0 Å². The van der Waals surface area contributed by atoms with Gasteiger partial charge in [0.15, 0.2) is 0 Å². The lowest BCUT2D eigenvalue weighted by molar-refractivity contribution is 0.549. The smallest absolute Gasteiger partial charge is 0.122 e. The van der Waals surface area contributed by atoms with E-state index in [4.69, 9.17) is 0 Å². The lowest BCUT2D eigenvalue weighted by Gasteiger charge is -2.13. The molecule has 4 nitrogen and oxygen atoms in total. The van der Waals surface area contributed by atoms with Crippen LogP contribution in [0.2, 0.25) is 0 Å². The van der Waals surface area contributed by atoms with Crippen LogP contribution in [0.25, 0.3) is 0 Å². The third-order valence-corrected chi connectivity index (χ3v) is 2.69. The Hall–Kier alpha value is -1.68. The lowest BCUT2D eigenvalue weighted by atomic mass is 10.1. The highest BCUT2D eigenvalue weighted by atomic mass is 15.1. The van der Waals surface area contributed by atoms with Crippen LogP contribution in [-0.2, 0) is 13.6 Å². The fraction of sp³-hybridized carbons (Fsp3) is 0.333. The first-order valence-electron chi connectivity index (χ1n) is 5.37. The summed E-state index contributed by atoms with van der Waals surface area (Å²) in [4.78, 5) is 8.28. The average Bonchev–Trinajstić information content (AvgIpc) is 2.73. The van der Waals surface area contributed by atoms with Crippen LogP contribution in [0.5, 0.6) is 0 Å². The molecule has 0 aliphatic carbocycles. The molecule has 2 aromatic rings. The van der Waals surface area contributed by atoms with Crippen LogP contribution >= 0.6 is 0 Å². The zero-order valence-electron chi connectivity index (χ0n) is 9.59. The van der Waals surface area contributed by atoms with E-state index in [-0.39, 0.29) is 0 Å². The Kier molecular flexibility index (Phi) is 3.31. The van der Waals surface area contributed by atoms with Crippen molar-refractivity contribution in [3.63, 3.8) is 0 Å². The first kappa shape index (κ1) is 10.8. The van der Waals surface area contributed by atoms with Crippen LogP contribution in [0, 0.1) is 0 Å². The van der Waals surface area contributed by atoms with Crippen LogP contribution in [0.15, 0.2) is 36.9 Å². The summed E-state index contributed by atoms with van der Waals surface area (Å²) in [6.45, 7) is 2.91. The Balaban J connectivity index is 1.94. The van der Waals surface area contributed by atoms with Crippen LogP contribution < -0.4 is 5.32 Å². The highest BCUT2D eigenvalue weighted by molar-refractivity contribution is 5.14. The normalized spacial score (nSPS) is 12.6. The SMILES string of the molecule is CC(NCc1nccn1C)c1ccncc1. The van der Waals surface area contributed by atoms with Crippen molar-refractivity contribution >= 4 is 0 Å². The van der Waals surface area contributed by atoms with E-state index in [1.165, 1.54) is 5.56 Å². The summed E-state index contributed by atoms with van der Waals surface area (Å²) in [7, 11) is 2.00. The molecule has 0 bridgehead atoms. The first-order chi connectivity index (χ1) is 7.77. The highest BCUT2D eigenvalue weighted by Crippen LogP contribution is 2.10. The van der Waals surface area contributed by atoms with Crippen molar-refractivity contribution in [2.45, 2.75) is 19.5 Å². The second kappa shape index (κ2) is 4.90. The van der Waals surface area contributed by atoms with Gasteiger partial charge in [-0.25, -0.2) is 4.98 Å². The molecule has 0 saturated carbocycles. The minimum atomic E-state index is 0.305. The molecule has 2 aromatic heterocycles. The molecule has 1 atom stereocenters. The molecule has 0 radical (unpaired) electrons. The van der Waals surface area contributed by atoms with E-state index in [1.54, 1.807) is 0 Å². The molecular formula is C12H16N4. The largest absolute Gasteiger partial charge is 0.337 e. The van der Waals surface area contributed by atoms with Gasteiger partial charge in [-0.15, -0.1) is 0 Å². The summed E-state index contributed by atoms with van der Waals surface area (Å²) >= 11 is 0. The fourth-order valence-electron chi connectivity index (χ4n) is 1.58. The maximum Gasteiger partial charge on any atom is 0.122 e. The monoisotopic (exact) mass is 216 g/mol. The highest BCUT2D eigenvalue weighted by Gasteiger charge is 2.05. The Morgan fingerprint density at radius 3 is 2.69 bits per heavy atom. The number of rotatable bonds is 4. The molecule has 2 rings (SSSR count). The number of nitrogens with zero attached hydrogens (tertiary/aromatic N) is 3. The Bertz CT molecular complexity index is 435. The Morgan fingerprint density at radius 2 is 2.06 bits per heavy atom. The molecule has 84 valence electrons. The average molecular weight is 216 g/mol. The van der Waals surface area contributed by atoms with E-state index in [0.717, 1.165) is 12.4 Å². The number of imidazole rings is 1. The molecule has 16 heavy (non-hydrogen) atoms. The second-order valence-electron chi connectivity index (χ2n) is 3.84. The summed E-state index contributed by atoms with van der Waals surface area (Å²) in [5, 5.41) is 3.43. The van der Waals surface area contributed by atoms with Crippen LogP contribution in [0.1, 0.15) is 24.4 Å².